The third kappa shape index (κ3) is 2.63. The van der Waals surface area contributed by atoms with Crippen molar-refractivity contribution in [2.75, 3.05) is 18.0 Å². The van der Waals surface area contributed by atoms with Crippen molar-refractivity contribution in [3.05, 3.63) is 22.8 Å². The number of anilines is 1. The summed E-state index contributed by atoms with van der Waals surface area (Å²) in [6.45, 7) is 1.23. The molecule has 1 atom stereocenters. The SMILES string of the molecule is N[C@H]1CCN(c2ncc(C(F)(F)F)cc2Cl)C1. The minimum absolute atomic E-state index is 0.00826. The van der Waals surface area contributed by atoms with Crippen molar-refractivity contribution in [2.24, 2.45) is 5.73 Å². The second-order valence-corrected chi connectivity index (χ2v) is 4.43. The lowest BCUT2D eigenvalue weighted by Crippen LogP contribution is -2.27. The van der Waals surface area contributed by atoms with Gasteiger partial charge in [0.15, 0.2) is 0 Å². The van der Waals surface area contributed by atoms with Crippen LogP contribution in [0.5, 0.6) is 0 Å². The third-order valence-electron chi connectivity index (χ3n) is 2.67. The van der Waals surface area contributed by atoms with E-state index >= 15 is 0 Å². The minimum atomic E-state index is -4.42. The Morgan fingerprint density at radius 1 is 1.47 bits per heavy atom. The van der Waals surface area contributed by atoms with Crippen LogP contribution in [0.4, 0.5) is 19.0 Å². The monoisotopic (exact) mass is 265 g/mol. The van der Waals surface area contributed by atoms with Gasteiger partial charge in [-0.1, -0.05) is 11.6 Å². The second kappa shape index (κ2) is 4.34. The van der Waals surface area contributed by atoms with E-state index in [4.69, 9.17) is 17.3 Å². The largest absolute Gasteiger partial charge is 0.417 e. The highest BCUT2D eigenvalue weighted by atomic mass is 35.5. The van der Waals surface area contributed by atoms with Crippen LogP contribution in [-0.2, 0) is 6.18 Å². The van der Waals surface area contributed by atoms with Gasteiger partial charge in [0.1, 0.15) is 5.82 Å². The molecule has 0 bridgehead atoms. The molecule has 17 heavy (non-hydrogen) atoms. The summed E-state index contributed by atoms with van der Waals surface area (Å²) in [5, 5.41) is 0.00826. The van der Waals surface area contributed by atoms with Crippen molar-refractivity contribution in [1.29, 1.82) is 0 Å². The van der Waals surface area contributed by atoms with E-state index in [9.17, 15) is 13.2 Å². The average Bonchev–Trinajstić information content (AvgIpc) is 2.63. The summed E-state index contributed by atoms with van der Waals surface area (Å²) in [5.41, 5.74) is 4.88. The third-order valence-corrected chi connectivity index (χ3v) is 2.95. The Kier molecular flexibility index (Phi) is 3.18. The van der Waals surface area contributed by atoms with Crippen molar-refractivity contribution in [3.8, 4) is 0 Å². The van der Waals surface area contributed by atoms with Gasteiger partial charge in [-0.2, -0.15) is 13.2 Å². The van der Waals surface area contributed by atoms with E-state index in [1.54, 1.807) is 4.90 Å². The molecule has 1 fully saturated rings. The van der Waals surface area contributed by atoms with E-state index in [1.165, 1.54) is 0 Å². The highest BCUT2D eigenvalue weighted by Gasteiger charge is 2.32. The molecule has 1 aliphatic rings. The predicted molar refractivity (Wildman–Crippen MR) is 59.1 cm³/mol. The molecule has 1 aromatic rings. The van der Waals surface area contributed by atoms with Gasteiger partial charge in [0, 0.05) is 25.3 Å². The molecule has 2 heterocycles. The van der Waals surface area contributed by atoms with Gasteiger partial charge in [-0.15, -0.1) is 0 Å². The van der Waals surface area contributed by atoms with Gasteiger partial charge in [-0.05, 0) is 12.5 Å². The van der Waals surface area contributed by atoms with Crippen LogP contribution in [0.25, 0.3) is 0 Å². The summed E-state index contributed by atoms with van der Waals surface area (Å²) in [6, 6.07) is 0.920. The molecular weight excluding hydrogens is 255 g/mol. The van der Waals surface area contributed by atoms with Gasteiger partial charge in [-0.25, -0.2) is 4.98 Å². The van der Waals surface area contributed by atoms with Gasteiger partial charge in [0.2, 0.25) is 0 Å². The molecule has 3 nitrogen and oxygen atoms in total. The molecule has 0 saturated carbocycles. The first-order valence-electron chi connectivity index (χ1n) is 5.11. The number of alkyl halides is 3. The Morgan fingerprint density at radius 2 is 2.18 bits per heavy atom. The van der Waals surface area contributed by atoms with Gasteiger partial charge in [0.25, 0.3) is 0 Å². The lowest BCUT2D eigenvalue weighted by molar-refractivity contribution is -0.137. The molecule has 0 radical (unpaired) electrons. The second-order valence-electron chi connectivity index (χ2n) is 4.02. The highest BCUT2D eigenvalue weighted by Crippen LogP contribution is 2.34. The number of nitrogens with zero attached hydrogens (tertiary/aromatic N) is 2. The van der Waals surface area contributed by atoms with Crippen LogP contribution in [0.2, 0.25) is 5.02 Å². The molecule has 0 unspecified atom stereocenters. The molecule has 0 aromatic carbocycles. The molecule has 7 heteroatoms. The van der Waals surface area contributed by atoms with E-state index in [2.05, 4.69) is 4.98 Å². The summed E-state index contributed by atoms with van der Waals surface area (Å²) in [4.78, 5) is 5.58. The standard InChI is InChI=1S/C10H11ClF3N3/c11-8-3-6(10(12,13)14)4-16-9(8)17-2-1-7(15)5-17/h3-4,7H,1-2,5,15H2/t7-/m0/s1. The number of nitrogens with two attached hydrogens (primary N) is 1. The van der Waals surface area contributed by atoms with Crippen molar-refractivity contribution < 1.29 is 13.2 Å². The number of hydrogen-bond donors (Lipinski definition) is 1. The zero-order valence-corrected chi connectivity index (χ0v) is 9.59. The quantitative estimate of drug-likeness (QED) is 0.847. The van der Waals surface area contributed by atoms with Crippen molar-refractivity contribution in [1.82, 2.24) is 4.98 Å². The summed E-state index contributed by atoms with van der Waals surface area (Å²) in [5.74, 6) is 0.368. The lowest BCUT2D eigenvalue weighted by atomic mass is 10.2. The summed E-state index contributed by atoms with van der Waals surface area (Å²) in [7, 11) is 0. The van der Waals surface area contributed by atoms with Crippen LogP contribution in [-0.4, -0.2) is 24.1 Å². The predicted octanol–water partition coefficient (Wildman–Crippen LogP) is 2.29. The first-order valence-corrected chi connectivity index (χ1v) is 5.49. The van der Waals surface area contributed by atoms with E-state index < -0.39 is 11.7 Å². The van der Waals surface area contributed by atoms with Crippen LogP contribution >= 0.6 is 11.6 Å². The number of pyridine rings is 1. The van der Waals surface area contributed by atoms with Crippen LogP contribution in [0, 0.1) is 0 Å². The van der Waals surface area contributed by atoms with Gasteiger partial charge in [-0.3, -0.25) is 0 Å². The highest BCUT2D eigenvalue weighted by molar-refractivity contribution is 6.33. The summed E-state index contributed by atoms with van der Waals surface area (Å²) < 4.78 is 37.2. The smallest absolute Gasteiger partial charge is 0.354 e. The molecule has 94 valence electrons. The zero-order chi connectivity index (χ0) is 12.6. The molecule has 0 amide bonds. The molecule has 2 rings (SSSR count). The molecule has 1 aromatic heterocycles. The average molecular weight is 266 g/mol. The van der Waals surface area contributed by atoms with Crippen LogP contribution in [0.15, 0.2) is 12.3 Å². The molecule has 1 saturated heterocycles. The molecule has 0 aliphatic carbocycles. The number of aromatic nitrogens is 1. The van der Waals surface area contributed by atoms with Crippen LogP contribution in [0.3, 0.4) is 0 Å². The Bertz CT molecular complexity index is 422. The van der Waals surface area contributed by atoms with E-state index in [0.717, 1.165) is 18.7 Å². The normalized spacial score (nSPS) is 21.0. The minimum Gasteiger partial charge on any atom is -0.354 e. The van der Waals surface area contributed by atoms with Crippen LogP contribution in [0.1, 0.15) is 12.0 Å². The first kappa shape index (κ1) is 12.4. The Labute approximate surface area is 101 Å². The zero-order valence-electron chi connectivity index (χ0n) is 8.84. The van der Waals surface area contributed by atoms with Crippen molar-refractivity contribution >= 4 is 17.4 Å². The Hall–Kier alpha value is -1.01. The molecule has 1 aliphatic heterocycles. The molecule has 2 N–H and O–H groups in total. The summed E-state index contributed by atoms with van der Waals surface area (Å²) in [6.07, 6.45) is -2.83. The number of halogens is 4. The van der Waals surface area contributed by atoms with Gasteiger partial charge >= 0.3 is 6.18 Å². The topological polar surface area (TPSA) is 42.1 Å². The Balaban J connectivity index is 2.26. The number of hydrogen-bond acceptors (Lipinski definition) is 3. The van der Waals surface area contributed by atoms with E-state index in [0.29, 0.717) is 18.9 Å². The number of rotatable bonds is 1. The molecular formula is C10H11ClF3N3. The molecule has 0 spiro atoms. The van der Waals surface area contributed by atoms with E-state index in [1.807, 2.05) is 0 Å². The van der Waals surface area contributed by atoms with Crippen LogP contribution < -0.4 is 10.6 Å². The van der Waals surface area contributed by atoms with Gasteiger partial charge in [0.05, 0.1) is 10.6 Å². The fourth-order valence-electron chi connectivity index (χ4n) is 1.80. The fourth-order valence-corrected chi connectivity index (χ4v) is 2.08. The summed E-state index contributed by atoms with van der Waals surface area (Å²) >= 11 is 5.82. The van der Waals surface area contributed by atoms with Crippen molar-refractivity contribution in [3.63, 3.8) is 0 Å². The van der Waals surface area contributed by atoms with Crippen molar-refractivity contribution in [2.45, 2.75) is 18.6 Å². The lowest BCUT2D eigenvalue weighted by Gasteiger charge is -2.19. The first-order chi connectivity index (χ1) is 7.88. The maximum absolute atomic E-state index is 12.4. The van der Waals surface area contributed by atoms with E-state index in [-0.39, 0.29) is 11.1 Å². The fraction of sp³-hybridized carbons (Fsp3) is 0.500. The maximum atomic E-state index is 12.4. The Morgan fingerprint density at radius 3 is 2.65 bits per heavy atom. The maximum Gasteiger partial charge on any atom is 0.417 e. The van der Waals surface area contributed by atoms with Gasteiger partial charge < -0.3 is 10.6 Å².